The molecule has 10 aromatic carbocycles. The Kier molecular flexibility index (Phi) is 24.9. The molecule has 5 aliphatic rings. The number of anilines is 5. The van der Waals surface area contributed by atoms with Crippen molar-refractivity contribution >= 4 is 137 Å². The fourth-order valence-electron chi connectivity index (χ4n) is 18.9. The zero-order valence-electron chi connectivity index (χ0n) is 77.0. The molecule has 15 heterocycles. The lowest BCUT2D eigenvalue weighted by Gasteiger charge is -2.34. The summed E-state index contributed by atoms with van der Waals surface area (Å²) in [5.74, 6) is -0.506. The maximum atomic E-state index is 15.2. The molecule has 25 rings (SSSR count). The summed E-state index contributed by atoms with van der Waals surface area (Å²) in [4.78, 5) is 102. The molecule has 0 bridgehead atoms. The Balaban J connectivity index is 0.000000104. The molecule has 32 nitrogen and oxygen atoms in total. The van der Waals surface area contributed by atoms with Crippen LogP contribution in [-0.4, -0.2) is 243 Å². The molecule has 5 aliphatic heterocycles. The zero-order chi connectivity index (χ0) is 95.9. The van der Waals surface area contributed by atoms with Gasteiger partial charge in [-0.15, -0.1) is 0 Å². The van der Waals surface area contributed by atoms with Gasteiger partial charge in [0.2, 0.25) is 0 Å². The number of hydrogen-bond acceptors (Lipinski definition) is 22. The maximum Gasteiger partial charge on any atom is 0.280 e. The average molecular weight is 1890 g/mol. The van der Waals surface area contributed by atoms with Gasteiger partial charge in [0.1, 0.15) is 40.2 Å². The number of nitrogens with one attached hydrogen (secondary N) is 7. The third-order valence-corrected chi connectivity index (χ3v) is 26.6. The summed E-state index contributed by atoms with van der Waals surface area (Å²) in [6, 6.07) is 62.5. The summed E-state index contributed by atoms with van der Waals surface area (Å²) in [5, 5.41) is 28.2. The lowest BCUT2D eigenvalue weighted by molar-refractivity contribution is 0.122. The Labute approximate surface area is 795 Å². The molecule has 0 unspecified atom stereocenters. The number of H-pyrrole nitrogens is 5. The number of ether oxygens (including phenoxy) is 3. The van der Waals surface area contributed by atoms with Crippen LogP contribution in [0.2, 0.25) is 0 Å². The van der Waals surface area contributed by atoms with Crippen LogP contribution < -0.4 is 72.4 Å². The average Bonchev–Trinajstić information content (AvgIpc) is 1.68. The monoisotopic (exact) mass is 1890 g/mol. The van der Waals surface area contributed by atoms with Gasteiger partial charge in [0.05, 0.1) is 144 Å². The number of fused-ring (bicyclic) bond motifs is 15. The molecule has 20 aromatic rings. The Morgan fingerprint density at radius 1 is 0.300 bits per heavy atom. The predicted molar refractivity (Wildman–Crippen MR) is 542 cm³/mol. The van der Waals surface area contributed by atoms with Crippen molar-refractivity contribution in [3.63, 3.8) is 0 Å². The van der Waals surface area contributed by atoms with Crippen molar-refractivity contribution in [3.05, 3.63) is 312 Å². The molecule has 0 radical (unpaired) electrons. The van der Waals surface area contributed by atoms with Gasteiger partial charge >= 0.3 is 0 Å². The highest BCUT2D eigenvalue weighted by atomic mass is 19.1. The van der Waals surface area contributed by atoms with Gasteiger partial charge in [-0.2, -0.15) is 0 Å². The number of para-hydroxylation sites is 3. The Bertz CT molecular complexity index is 8360. The second kappa shape index (κ2) is 38.7. The number of halogens is 4. The van der Waals surface area contributed by atoms with Crippen LogP contribution in [0.25, 0.3) is 137 Å². The molecule has 0 saturated carbocycles. The van der Waals surface area contributed by atoms with Crippen LogP contribution in [0.1, 0.15) is 0 Å². The Morgan fingerprint density at radius 2 is 0.650 bits per heavy atom. The minimum absolute atomic E-state index is 0.0453. The van der Waals surface area contributed by atoms with Crippen molar-refractivity contribution in [2.75, 3.05) is 184 Å². The molecule has 710 valence electrons. The van der Waals surface area contributed by atoms with Crippen LogP contribution in [0, 0.1) is 23.3 Å². The van der Waals surface area contributed by atoms with E-state index in [2.05, 4.69) is 136 Å². The van der Waals surface area contributed by atoms with E-state index in [1.165, 1.54) is 50.3 Å². The standard InChI is InChI=1S/C22H23N5O2.C21H20FN5O.C21H21N5O2.C20H17F2N5O.C20H17FN4O2/c1-25-9-11-26(12-10-25)16-5-8-18-20(13-16)23-14-19-21(18)24-27(22(19)28)15-3-6-17(29-2)7-4-15;1-25-7-9-26(10-8-25)18-12-14(22)11-16-19-17(13-23-20(16)18)21(28)27(24-19)15-5-3-2-4-6-15;1-28-16-5-2-14(3-6-16)26-21(27)18-13-23-19-12-15(25-10-8-22-9-11-25)4-7-17(19)20(18)24-26;21-15-10-13-17-14(20(28)27(25-17)12-4-2-1-3-5-12)11-24-18(13)16(22)19(15)26-8-6-23-7-9-26;21-16-11-17-14(10-18(16)24-6-8-27-9-7-24)19-15(12-22-17)20(26)25(23-19)13-4-2-1-3-5-13/h3-8,13-14,24H,9-12H2,1-2H3;2-6,11-13,24H,7-10H2,1H3;2-7,12-13,22,24H,8-11H2,1H3;1-5,10-11,23,25H,6-9H2;1-5,10-12,23H,6-9H2. The van der Waals surface area contributed by atoms with E-state index in [1.54, 1.807) is 71.3 Å². The quantitative estimate of drug-likeness (QED) is 0.0559. The van der Waals surface area contributed by atoms with E-state index < -0.39 is 11.6 Å². The van der Waals surface area contributed by atoms with Gasteiger partial charge in [0.15, 0.2) is 5.82 Å². The van der Waals surface area contributed by atoms with Gasteiger partial charge in [0, 0.05) is 193 Å². The lowest BCUT2D eigenvalue weighted by atomic mass is 10.1. The fraction of sp³-hybridized carbons (Fsp3) is 0.231. The summed E-state index contributed by atoms with van der Waals surface area (Å²) in [5.41, 5.74) is 12.5. The number of pyridine rings is 5. The third-order valence-electron chi connectivity index (χ3n) is 26.6. The van der Waals surface area contributed by atoms with Gasteiger partial charge in [-0.25, -0.2) is 41.0 Å². The highest BCUT2D eigenvalue weighted by molar-refractivity contribution is 6.09. The number of aromatic nitrogens is 15. The number of rotatable bonds is 12. The van der Waals surface area contributed by atoms with Crippen LogP contribution in [0.4, 0.5) is 46.0 Å². The van der Waals surface area contributed by atoms with E-state index in [0.29, 0.717) is 118 Å². The molecule has 10 aromatic heterocycles. The normalized spacial score (nSPS) is 15.1. The first-order valence-electron chi connectivity index (χ1n) is 46.4. The van der Waals surface area contributed by atoms with Gasteiger partial charge in [-0.05, 0) is 160 Å². The van der Waals surface area contributed by atoms with Crippen molar-refractivity contribution in [3.8, 4) is 39.9 Å². The van der Waals surface area contributed by atoms with E-state index >= 15 is 4.39 Å². The topological polar surface area (TPSA) is 328 Å². The van der Waals surface area contributed by atoms with Crippen molar-refractivity contribution in [1.82, 2.24) is 94.3 Å². The van der Waals surface area contributed by atoms with Crippen molar-refractivity contribution < 1.29 is 31.8 Å². The fourth-order valence-corrected chi connectivity index (χ4v) is 18.9. The predicted octanol–water partition coefficient (Wildman–Crippen LogP) is 13.1. The highest BCUT2D eigenvalue weighted by Gasteiger charge is 2.29. The summed E-state index contributed by atoms with van der Waals surface area (Å²) in [6.07, 6.45) is 7.78. The molecule has 0 spiro atoms. The second-order valence-electron chi connectivity index (χ2n) is 35.0. The molecular formula is C104H98F4N24O8. The summed E-state index contributed by atoms with van der Waals surface area (Å²) < 4.78 is 82.5. The smallest absolute Gasteiger partial charge is 0.280 e. The second-order valence-corrected chi connectivity index (χ2v) is 35.0. The number of hydrogen-bond donors (Lipinski definition) is 7. The molecule has 0 aliphatic carbocycles. The van der Waals surface area contributed by atoms with E-state index in [0.717, 1.165) is 162 Å². The van der Waals surface area contributed by atoms with Crippen LogP contribution in [0.3, 0.4) is 0 Å². The molecule has 140 heavy (non-hydrogen) atoms. The molecule has 5 fully saturated rings. The Morgan fingerprint density at radius 3 is 1.08 bits per heavy atom. The highest BCUT2D eigenvalue weighted by Crippen LogP contribution is 2.37. The third kappa shape index (κ3) is 17.5. The molecule has 36 heteroatoms. The van der Waals surface area contributed by atoms with E-state index in [4.69, 9.17) is 14.2 Å². The van der Waals surface area contributed by atoms with E-state index in [1.807, 2.05) is 132 Å². The summed E-state index contributed by atoms with van der Waals surface area (Å²) in [6.45, 7) is 16.3. The van der Waals surface area contributed by atoms with Gasteiger partial charge < -0.3 is 59.1 Å². The number of morpholine rings is 1. The van der Waals surface area contributed by atoms with Gasteiger partial charge in [-0.3, -0.25) is 74.4 Å². The summed E-state index contributed by atoms with van der Waals surface area (Å²) >= 11 is 0. The van der Waals surface area contributed by atoms with Crippen molar-refractivity contribution in [1.29, 1.82) is 0 Å². The molecule has 5 saturated heterocycles. The van der Waals surface area contributed by atoms with E-state index in [9.17, 15) is 37.1 Å². The lowest BCUT2D eigenvalue weighted by Crippen LogP contribution is -2.44. The number of likely N-dealkylation sites (N-methyl/N-ethyl adjacent to an activating group) is 2. The minimum Gasteiger partial charge on any atom is -0.497 e. The van der Waals surface area contributed by atoms with Gasteiger partial charge in [0.25, 0.3) is 27.8 Å². The number of aromatic amines is 5. The van der Waals surface area contributed by atoms with Crippen molar-refractivity contribution in [2.45, 2.75) is 0 Å². The number of benzene rings is 10. The van der Waals surface area contributed by atoms with Crippen LogP contribution >= 0.6 is 0 Å². The van der Waals surface area contributed by atoms with Crippen LogP contribution in [0.5, 0.6) is 11.5 Å². The van der Waals surface area contributed by atoms with Crippen LogP contribution in [-0.2, 0) is 4.74 Å². The number of nitrogens with zero attached hydrogens (tertiary/aromatic N) is 17. The number of methoxy groups -OCH3 is 2. The minimum atomic E-state index is -0.702. The van der Waals surface area contributed by atoms with E-state index in [-0.39, 0.29) is 61.4 Å². The summed E-state index contributed by atoms with van der Waals surface area (Å²) in [7, 11) is 7.48. The largest absolute Gasteiger partial charge is 0.497 e. The molecule has 0 atom stereocenters. The molecule has 0 amide bonds. The van der Waals surface area contributed by atoms with Gasteiger partial charge in [-0.1, -0.05) is 54.6 Å². The number of piperazine rings is 4. The maximum absolute atomic E-state index is 15.2. The first-order chi connectivity index (χ1) is 68.4. The first-order valence-corrected chi connectivity index (χ1v) is 46.4. The first kappa shape index (κ1) is 90.2. The molecule has 7 N–H and O–H groups in total. The van der Waals surface area contributed by atoms with Crippen molar-refractivity contribution in [2.24, 2.45) is 0 Å². The van der Waals surface area contributed by atoms with Crippen LogP contribution in [0.15, 0.2) is 261 Å². The Hall–Kier alpha value is -16.3. The molecular weight excluding hydrogens is 1790 g/mol. The SMILES string of the molecule is CN1CCN(c2cc(F)cc3c2ncc2c(=O)n(-c4ccccc4)[nH]c23)CC1.COc1ccc(-n2[nH]c3c(cnc4cc(N5CCN(C)CC5)ccc43)c2=O)cc1.COc1ccc(-n2[nH]c3c(cnc4cc(N5CCNCC5)ccc43)c2=O)cc1.O=c1c2cnc3c(F)c(N4CCNCC4)c(F)cc3c2[nH]n1-c1ccccc1.O=c1c2cnc3cc(F)c(N4CCOCC4)cc3c2[nH]n1-c1ccccc1. The zero-order valence-corrected chi connectivity index (χ0v) is 77.0.